The minimum Gasteiger partial charge on any atom is -0.310 e. The van der Waals surface area contributed by atoms with E-state index in [0.29, 0.717) is 17.3 Å². The van der Waals surface area contributed by atoms with Gasteiger partial charge in [0.05, 0.1) is 22.4 Å². The molecule has 0 saturated heterocycles. The fourth-order valence-corrected chi connectivity index (χ4v) is 19.8. The Balaban J connectivity index is 0.993. The molecule has 4 atom stereocenters. The highest BCUT2D eigenvalue weighted by Crippen LogP contribution is 2.72. The monoisotopic (exact) mass is 890 g/mol. The Bertz CT molecular complexity index is 3380. The van der Waals surface area contributed by atoms with E-state index in [2.05, 4.69) is 247 Å². The third kappa shape index (κ3) is 5.69. The molecule has 2 heterocycles. The molecule has 9 aromatic carbocycles. The Morgan fingerprint density at radius 1 is 0.412 bits per heavy atom. The summed E-state index contributed by atoms with van der Waals surface area (Å²) in [6.07, 6.45) is 6.81. The number of nitrogens with zero attached hydrogens (tertiary/aromatic N) is 2. The maximum absolute atomic E-state index is 2.78. The average Bonchev–Trinajstić information content (AvgIpc) is 3.71. The number of benzene rings is 9. The highest BCUT2D eigenvalue weighted by Gasteiger charge is 2.64. The number of para-hydroxylation sites is 2. The smallest absolute Gasteiger partial charge is 0.179 e. The number of hydrogen-bond donors (Lipinski definition) is 0. The van der Waals surface area contributed by atoms with Crippen LogP contribution < -0.4 is 25.6 Å². The van der Waals surface area contributed by atoms with E-state index in [4.69, 9.17) is 0 Å². The minimum atomic E-state index is -2.78. The molecular formula is C65H54N2Si. The molecule has 2 unspecified atom stereocenters. The van der Waals surface area contributed by atoms with Gasteiger partial charge in [-0.25, -0.2) is 0 Å². The summed E-state index contributed by atoms with van der Waals surface area (Å²) in [6.45, 7) is 2.61. The number of fused-ring (bicyclic) bond motifs is 5. The second-order valence-electron chi connectivity index (χ2n) is 20.9. The zero-order valence-electron chi connectivity index (χ0n) is 38.6. The number of aromatic nitrogens is 1. The zero-order chi connectivity index (χ0) is 45.0. The highest BCUT2D eigenvalue weighted by molar-refractivity contribution is 7.19. The van der Waals surface area contributed by atoms with Crippen molar-refractivity contribution in [1.29, 1.82) is 0 Å². The lowest BCUT2D eigenvalue weighted by Crippen LogP contribution is -2.74. The van der Waals surface area contributed by atoms with Gasteiger partial charge in [-0.3, -0.25) is 0 Å². The number of rotatable bonds is 7. The average molecular weight is 891 g/mol. The van der Waals surface area contributed by atoms with E-state index in [9.17, 15) is 0 Å². The number of hydrogen-bond acceptors (Lipinski definition) is 1. The fourth-order valence-electron chi connectivity index (χ4n) is 15.0. The van der Waals surface area contributed by atoms with Crippen LogP contribution in [0.4, 0.5) is 17.1 Å². The van der Waals surface area contributed by atoms with Crippen molar-refractivity contribution >= 4 is 67.7 Å². The molecule has 3 heteroatoms. The molecule has 0 radical (unpaired) electrons. The van der Waals surface area contributed by atoms with Crippen molar-refractivity contribution in [3.63, 3.8) is 0 Å². The van der Waals surface area contributed by atoms with Crippen LogP contribution in [-0.2, 0) is 5.41 Å². The van der Waals surface area contributed by atoms with Gasteiger partial charge < -0.3 is 9.47 Å². The molecule has 15 rings (SSSR count). The van der Waals surface area contributed by atoms with E-state index in [0.717, 1.165) is 5.92 Å². The first-order valence-corrected chi connectivity index (χ1v) is 26.9. The van der Waals surface area contributed by atoms with E-state index in [-0.39, 0.29) is 5.41 Å². The predicted molar refractivity (Wildman–Crippen MR) is 287 cm³/mol. The van der Waals surface area contributed by atoms with Crippen molar-refractivity contribution < 1.29 is 0 Å². The van der Waals surface area contributed by atoms with Gasteiger partial charge >= 0.3 is 0 Å². The van der Waals surface area contributed by atoms with Gasteiger partial charge in [0.25, 0.3) is 0 Å². The second kappa shape index (κ2) is 15.2. The first kappa shape index (κ1) is 39.9. The molecular weight excluding hydrogens is 837 g/mol. The lowest BCUT2D eigenvalue weighted by molar-refractivity contribution is -0.0904. The van der Waals surface area contributed by atoms with Crippen LogP contribution in [0.25, 0.3) is 38.6 Å². The van der Waals surface area contributed by atoms with E-state index in [1.165, 1.54) is 109 Å². The molecule has 4 aliphatic carbocycles. The molecule has 4 bridgehead atoms. The Kier molecular flexibility index (Phi) is 8.90. The summed E-state index contributed by atoms with van der Waals surface area (Å²) >= 11 is 0. The quantitative estimate of drug-likeness (QED) is 0.114. The van der Waals surface area contributed by atoms with Gasteiger partial charge in [0, 0.05) is 27.6 Å². The van der Waals surface area contributed by atoms with Gasteiger partial charge in [0.15, 0.2) is 8.07 Å². The largest absolute Gasteiger partial charge is 0.310 e. The van der Waals surface area contributed by atoms with Crippen molar-refractivity contribution in [2.75, 3.05) is 4.90 Å². The maximum atomic E-state index is 2.62. The maximum Gasteiger partial charge on any atom is 0.179 e. The molecule has 328 valence electrons. The first-order chi connectivity index (χ1) is 33.5. The first-order valence-electron chi connectivity index (χ1n) is 24.9. The molecule has 0 N–H and O–H groups in total. The highest BCUT2D eigenvalue weighted by atomic mass is 28.3. The topological polar surface area (TPSA) is 8.17 Å². The molecule has 68 heavy (non-hydrogen) atoms. The van der Waals surface area contributed by atoms with Gasteiger partial charge in [-0.15, -0.1) is 0 Å². The van der Waals surface area contributed by atoms with Crippen LogP contribution in [0.5, 0.6) is 0 Å². The van der Waals surface area contributed by atoms with Crippen molar-refractivity contribution in [2.45, 2.75) is 44.4 Å². The predicted octanol–water partition coefficient (Wildman–Crippen LogP) is 13.7. The molecule has 1 aliphatic heterocycles. The summed E-state index contributed by atoms with van der Waals surface area (Å²) in [5.74, 6) is 2.21. The molecule has 1 aromatic heterocycles. The summed E-state index contributed by atoms with van der Waals surface area (Å²) in [5, 5.41) is 8.01. The Morgan fingerprint density at radius 2 is 0.912 bits per heavy atom. The Hall–Kier alpha value is -7.20. The lowest BCUT2D eigenvalue weighted by atomic mass is 9.38. The van der Waals surface area contributed by atoms with Crippen LogP contribution in [0.3, 0.4) is 0 Å². The molecule has 5 aliphatic rings. The van der Waals surface area contributed by atoms with Crippen LogP contribution in [0, 0.1) is 23.2 Å². The molecule has 1 spiro atoms. The van der Waals surface area contributed by atoms with Crippen molar-refractivity contribution in [3.8, 4) is 16.8 Å². The SMILES string of the molecule is CC12CC3C[C@H](C[C@@H](C1)C31c3ccccc3N(c3ccc4c(c3)c3cc(-c5ccccc5)ccc3n4-c3cccc([Si](c4ccccc4)(c4ccccc4)c4ccccc4)c3)c3ccccc31)C2. The molecule has 2 nitrogen and oxygen atoms in total. The van der Waals surface area contributed by atoms with Crippen molar-refractivity contribution in [1.82, 2.24) is 4.57 Å². The third-order valence-corrected chi connectivity index (χ3v) is 22.0. The third-order valence-electron chi connectivity index (χ3n) is 17.2. The normalized spacial score (nSPS) is 21.0. The summed E-state index contributed by atoms with van der Waals surface area (Å²) in [7, 11) is -2.78. The van der Waals surface area contributed by atoms with Crippen LogP contribution in [0.1, 0.15) is 50.2 Å². The van der Waals surface area contributed by atoms with Gasteiger partial charge in [0.2, 0.25) is 0 Å². The lowest BCUT2D eigenvalue weighted by Gasteiger charge is -2.67. The summed E-state index contributed by atoms with van der Waals surface area (Å²) < 4.78 is 2.54. The van der Waals surface area contributed by atoms with Crippen molar-refractivity contribution in [2.24, 2.45) is 23.2 Å². The van der Waals surface area contributed by atoms with E-state index < -0.39 is 8.07 Å². The summed E-state index contributed by atoms with van der Waals surface area (Å²) in [5.41, 5.74) is 13.6. The van der Waals surface area contributed by atoms with E-state index in [1.54, 1.807) is 11.1 Å². The second-order valence-corrected chi connectivity index (χ2v) is 24.7. The Labute approximate surface area is 401 Å². The minimum absolute atomic E-state index is 0.0492. The van der Waals surface area contributed by atoms with E-state index in [1.807, 2.05) is 0 Å². The standard InChI is InChI=1S/C65H54N2Si/c1-64-42-45-37-48(43-64)65(49(38-45)44-64)58-29-14-16-31-62(58)67(63-32-17-15-30-59(63)65)51-34-36-61-57(41-51)56-39-47(46-19-6-2-7-20-46)33-35-60(56)66(61)50-21-18-28-55(40-50)68(52-22-8-3-9-23-52,53-24-10-4-11-25-53)54-26-12-5-13-27-54/h2-36,39-41,45,48-49H,37-38,42-44H2,1H3/t45-,48-,49?,64?/m0/s1. The van der Waals surface area contributed by atoms with E-state index >= 15 is 0 Å². The van der Waals surface area contributed by atoms with Crippen LogP contribution >= 0.6 is 0 Å². The van der Waals surface area contributed by atoms with Crippen LogP contribution in [0.2, 0.25) is 0 Å². The number of anilines is 3. The van der Waals surface area contributed by atoms with Gasteiger partial charge in [-0.1, -0.05) is 183 Å². The van der Waals surface area contributed by atoms with Gasteiger partial charge in [-0.2, -0.15) is 0 Å². The van der Waals surface area contributed by atoms with Crippen LogP contribution in [0.15, 0.2) is 231 Å². The molecule has 0 amide bonds. The van der Waals surface area contributed by atoms with Crippen molar-refractivity contribution in [3.05, 3.63) is 242 Å². The molecule has 10 aromatic rings. The fraction of sp³-hybridized carbons (Fsp3) is 0.169. The molecule has 4 saturated carbocycles. The zero-order valence-corrected chi connectivity index (χ0v) is 39.6. The molecule has 4 fully saturated rings. The Morgan fingerprint density at radius 3 is 1.49 bits per heavy atom. The van der Waals surface area contributed by atoms with Gasteiger partial charge in [-0.05, 0) is 153 Å². The van der Waals surface area contributed by atoms with Crippen LogP contribution in [-0.4, -0.2) is 12.6 Å². The summed E-state index contributed by atoms with van der Waals surface area (Å²) in [6, 6.07) is 87.8. The van der Waals surface area contributed by atoms with Gasteiger partial charge in [0.1, 0.15) is 0 Å². The summed E-state index contributed by atoms with van der Waals surface area (Å²) in [4.78, 5) is 2.62.